The number of amides is 2. The molecule has 0 aliphatic carbocycles. The summed E-state index contributed by atoms with van der Waals surface area (Å²) in [6.45, 7) is 7.81. The van der Waals surface area contributed by atoms with E-state index in [9.17, 15) is 9.59 Å². The Kier molecular flexibility index (Phi) is 5.27. The van der Waals surface area contributed by atoms with E-state index in [2.05, 4.69) is 29.4 Å². The molecular weight excluding hydrogens is 288 g/mol. The van der Waals surface area contributed by atoms with E-state index < -0.39 is 0 Å². The van der Waals surface area contributed by atoms with Crippen LogP contribution in [-0.2, 0) is 22.6 Å². The van der Waals surface area contributed by atoms with Crippen LogP contribution in [0.25, 0.3) is 0 Å². The highest BCUT2D eigenvalue weighted by Gasteiger charge is 2.34. The zero-order chi connectivity index (χ0) is 15.4. The van der Waals surface area contributed by atoms with Gasteiger partial charge in [-0.25, -0.2) is 0 Å². The first kappa shape index (κ1) is 15.9. The molecule has 0 saturated carbocycles. The standard InChI is InChI=1S/C14H22N4O2S/c1-4-11-16-17-12(21-11)6-15-14(20)10-5-13(19)18(8-10)7-9(2)3/h9-10H,4-8H2,1-3H3,(H,15,20)/t10-/m1/s1. The molecule has 1 aromatic heterocycles. The van der Waals surface area contributed by atoms with Crippen LogP contribution in [0.1, 0.15) is 37.2 Å². The number of nitrogens with one attached hydrogen (secondary N) is 1. The molecule has 0 bridgehead atoms. The Hall–Kier alpha value is -1.50. The van der Waals surface area contributed by atoms with Crippen LogP contribution in [0.3, 0.4) is 0 Å². The fraction of sp³-hybridized carbons (Fsp3) is 0.714. The molecule has 0 aromatic carbocycles. The minimum Gasteiger partial charge on any atom is -0.349 e. The van der Waals surface area contributed by atoms with E-state index in [4.69, 9.17) is 0 Å². The SMILES string of the molecule is CCc1nnc(CNC(=O)[C@@H]2CC(=O)N(CC(C)C)C2)s1. The molecule has 2 rings (SSSR count). The van der Waals surface area contributed by atoms with Gasteiger partial charge in [0, 0.05) is 19.5 Å². The van der Waals surface area contributed by atoms with Crippen molar-refractivity contribution in [1.82, 2.24) is 20.4 Å². The summed E-state index contributed by atoms with van der Waals surface area (Å²) in [6.07, 6.45) is 1.17. The molecule has 1 N–H and O–H groups in total. The van der Waals surface area contributed by atoms with Crippen molar-refractivity contribution >= 4 is 23.2 Å². The molecule has 2 heterocycles. The first-order valence-corrected chi connectivity index (χ1v) is 8.18. The average molecular weight is 310 g/mol. The van der Waals surface area contributed by atoms with Gasteiger partial charge in [0.2, 0.25) is 11.8 Å². The van der Waals surface area contributed by atoms with E-state index in [1.54, 1.807) is 4.90 Å². The molecule has 1 atom stereocenters. The van der Waals surface area contributed by atoms with E-state index in [-0.39, 0.29) is 17.7 Å². The topological polar surface area (TPSA) is 75.2 Å². The van der Waals surface area contributed by atoms with Crippen LogP contribution in [-0.4, -0.2) is 40.0 Å². The summed E-state index contributed by atoms with van der Waals surface area (Å²) in [4.78, 5) is 25.8. The molecule has 0 spiro atoms. The Morgan fingerprint density at radius 3 is 2.76 bits per heavy atom. The fourth-order valence-electron chi connectivity index (χ4n) is 2.37. The molecule has 1 aliphatic heterocycles. The van der Waals surface area contributed by atoms with Crippen LogP contribution in [0.4, 0.5) is 0 Å². The van der Waals surface area contributed by atoms with Crippen LogP contribution in [0, 0.1) is 11.8 Å². The van der Waals surface area contributed by atoms with Crippen LogP contribution in [0.5, 0.6) is 0 Å². The van der Waals surface area contributed by atoms with Crippen LogP contribution in [0.2, 0.25) is 0 Å². The first-order valence-electron chi connectivity index (χ1n) is 7.36. The molecule has 21 heavy (non-hydrogen) atoms. The third kappa shape index (κ3) is 4.23. The minimum absolute atomic E-state index is 0.0668. The molecule has 1 aliphatic rings. The van der Waals surface area contributed by atoms with Crippen molar-refractivity contribution in [2.75, 3.05) is 13.1 Å². The number of hydrogen-bond donors (Lipinski definition) is 1. The van der Waals surface area contributed by atoms with Gasteiger partial charge in [0.1, 0.15) is 10.0 Å². The van der Waals surface area contributed by atoms with Gasteiger partial charge in [-0.3, -0.25) is 9.59 Å². The lowest BCUT2D eigenvalue weighted by molar-refractivity contribution is -0.129. The summed E-state index contributed by atoms with van der Waals surface area (Å²) in [5.74, 6) is 0.190. The van der Waals surface area contributed by atoms with E-state index in [0.717, 1.165) is 23.0 Å². The molecule has 6 nitrogen and oxygen atoms in total. The Balaban J connectivity index is 1.82. The van der Waals surface area contributed by atoms with Gasteiger partial charge in [0.15, 0.2) is 0 Å². The van der Waals surface area contributed by atoms with Crippen LogP contribution in [0.15, 0.2) is 0 Å². The predicted molar refractivity (Wildman–Crippen MR) is 80.7 cm³/mol. The predicted octanol–water partition coefficient (Wildman–Crippen LogP) is 1.22. The largest absolute Gasteiger partial charge is 0.349 e. The fourth-order valence-corrected chi connectivity index (χ4v) is 3.10. The average Bonchev–Trinajstić information content (AvgIpc) is 3.03. The molecule has 1 fully saturated rings. The van der Waals surface area contributed by atoms with Gasteiger partial charge in [-0.05, 0) is 12.3 Å². The molecule has 7 heteroatoms. The van der Waals surface area contributed by atoms with Gasteiger partial charge >= 0.3 is 0 Å². The smallest absolute Gasteiger partial charge is 0.225 e. The monoisotopic (exact) mass is 310 g/mol. The lowest BCUT2D eigenvalue weighted by atomic mass is 10.1. The number of carbonyl (C=O) groups excluding carboxylic acids is 2. The zero-order valence-electron chi connectivity index (χ0n) is 12.8. The van der Waals surface area contributed by atoms with E-state index in [1.165, 1.54) is 11.3 Å². The van der Waals surface area contributed by atoms with Gasteiger partial charge in [0.25, 0.3) is 0 Å². The maximum atomic E-state index is 12.1. The summed E-state index contributed by atoms with van der Waals surface area (Å²) < 4.78 is 0. The lowest BCUT2D eigenvalue weighted by Gasteiger charge is -2.18. The number of nitrogens with zero attached hydrogens (tertiary/aromatic N) is 3. The van der Waals surface area contributed by atoms with Crippen molar-refractivity contribution in [1.29, 1.82) is 0 Å². The Morgan fingerprint density at radius 2 is 2.14 bits per heavy atom. The second-order valence-corrected chi connectivity index (χ2v) is 6.90. The maximum absolute atomic E-state index is 12.1. The number of carbonyl (C=O) groups is 2. The summed E-state index contributed by atoms with van der Waals surface area (Å²) in [7, 11) is 0. The van der Waals surface area contributed by atoms with E-state index >= 15 is 0 Å². The molecule has 116 valence electrons. The number of rotatable bonds is 6. The number of aryl methyl sites for hydroxylation is 1. The quantitative estimate of drug-likeness (QED) is 0.857. The Morgan fingerprint density at radius 1 is 1.43 bits per heavy atom. The second-order valence-electron chi connectivity index (χ2n) is 5.75. The summed E-state index contributed by atoms with van der Waals surface area (Å²) in [5.41, 5.74) is 0. The van der Waals surface area contributed by atoms with Crippen molar-refractivity contribution in [3.05, 3.63) is 10.0 Å². The van der Waals surface area contributed by atoms with Crippen molar-refractivity contribution in [3.8, 4) is 0 Å². The number of likely N-dealkylation sites (tertiary alicyclic amines) is 1. The normalized spacial score (nSPS) is 18.6. The molecular formula is C14H22N4O2S. The first-order chi connectivity index (χ1) is 9.99. The van der Waals surface area contributed by atoms with Gasteiger partial charge in [-0.2, -0.15) is 0 Å². The third-order valence-electron chi connectivity index (χ3n) is 3.40. The Labute approximate surface area is 128 Å². The zero-order valence-corrected chi connectivity index (χ0v) is 13.6. The third-order valence-corrected chi connectivity index (χ3v) is 4.46. The number of hydrogen-bond acceptors (Lipinski definition) is 5. The summed E-state index contributed by atoms with van der Waals surface area (Å²) in [5, 5.41) is 12.7. The van der Waals surface area contributed by atoms with Gasteiger partial charge in [-0.15, -0.1) is 10.2 Å². The highest BCUT2D eigenvalue weighted by molar-refractivity contribution is 7.11. The summed E-state index contributed by atoms with van der Waals surface area (Å²) >= 11 is 1.51. The van der Waals surface area contributed by atoms with Gasteiger partial charge < -0.3 is 10.2 Å². The second kappa shape index (κ2) is 6.98. The molecule has 0 unspecified atom stereocenters. The summed E-state index contributed by atoms with van der Waals surface area (Å²) in [6, 6.07) is 0. The molecule has 1 saturated heterocycles. The van der Waals surface area contributed by atoms with E-state index in [1.807, 2.05) is 6.92 Å². The van der Waals surface area contributed by atoms with Gasteiger partial charge in [0.05, 0.1) is 12.5 Å². The molecule has 0 radical (unpaired) electrons. The lowest BCUT2D eigenvalue weighted by Crippen LogP contribution is -2.33. The van der Waals surface area contributed by atoms with Gasteiger partial charge in [-0.1, -0.05) is 32.1 Å². The molecule has 1 aromatic rings. The minimum atomic E-state index is -0.241. The maximum Gasteiger partial charge on any atom is 0.225 e. The number of aromatic nitrogens is 2. The Bertz CT molecular complexity index is 515. The van der Waals surface area contributed by atoms with Crippen molar-refractivity contribution < 1.29 is 9.59 Å². The molecule has 2 amide bonds. The van der Waals surface area contributed by atoms with Crippen molar-refractivity contribution in [2.24, 2.45) is 11.8 Å². The van der Waals surface area contributed by atoms with Crippen LogP contribution < -0.4 is 5.32 Å². The van der Waals surface area contributed by atoms with Crippen LogP contribution >= 0.6 is 11.3 Å². The van der Waals surface area contributed by atoms with E-state index in [0.29, 0.717) is 25.4 Å². The van der Waals surface area contributed by atoms with Crippen molar-refractivity contribution in [2.45, 2.75) is 40.2 Å². The van der Waals surface area contributed by atoms with Crippen molar-refractivity contribution in [3.63, 3.8) is 0 Å². The highest BCUT2D eigenvalue weighted by atomic mass is 32.1. The highest BCUT2D eigenvalue weighted by Crippen LogP contribution is 2.19.